The van der Waals surface area contributed by atoms with Crippen LogP contribution < -0.4 is 5.32 Å². The molecule has 0 saturated heterocycles. The van der Waals surface area contributed by atoms with Gasteiger partial charge in [0.25, 0.3) is 0 Å². The minimum absolute atomic E-state index is 0.302. The highest BCUT2D eigenvalue weighted by atomic mass is 15.3. The lowest BCUT2D eigenvalue weighted by molar-refractivity contribution is 0.365. The molecule has 3 rings (SSSR count). The van der Waals surface area contributed by atoms with E-state index >= 15 is 0 Å². The summed E-state index contributed by atoms with van der Waals surface area (Å²) in [7, 11) is 0. The average molecular weight is 294 g/mol. The number of nitrogens with zero attached hydrogens (tertiary/aromatic N) is 3. The number of benzene rings is 1. The summed E-state index contributed by atoms with van der Waals surface area (Å²) in [5.74, 6) is 0. The highest BCUT2D eigenvalue weighted by molar-refractivity contribution is 5.81. The topological polar surface area (TPSA) is 42.7 Å². The fourth-order valence-corrected chi connectivity index (χ4v) is 2.64. The predicted molar refractivity (Wildman–Crippen MR) is 89.7 cm³/mol. The van der Waals surface area contributed by atoms with Crippen LogP contribution in [0.15, 0.2) is 48.9 Å². The summed E-state index contributed by atoms with van der Waals surface area (Å²) in [5.41, 5.74) is 3.50. The zero-order valence-electron chi connectivity index (χ0n) is 13.3. The van der Waals surface area contributed by atoms with Crippen LogP contribution in [0.5, 0.6) is 0 Å². The summed E-state index contributed by atoms with van der Waals surface area (Å²) in [6.45, 7) is 7.25. The predicted octanol–water partition coefficient (Wildman–Crippen LogP) is 3.48. The zero-order valence-corrected chi connectivity index (χ0v) is 13.3. The Balaban J connectivity index is 1.71. The fourth-order valence-electron chi connectivity index (χ4n) is 2.64. The van der Waals surface area contributed by atoms with E-state index in [1.165, 1.54) is 16.5 Å². The molecule has 0 saturated carbocycles. The van der Waals surface area contributed by atoms with E-state index in [1.807, 2.05) is 23.1 Å². The van der Waals surface area contributed by atoms with Gasteiger partial charge in [-0.1, -0.05) is 24.3 Å². The van der Waals surface area contributed by atoms with E-state index in [1.54, 1.807) is 0 Å². The van der Waals surface area contributed by atoms with Crippen molar-refractivity contribution in [3.05, 3.63) is 60.0 Å². The van der Waals surface area contributed by atoms with Crippen molar-refractivity contribution in [3.8, 4) is 0 Å². The molecular formula is C18H22N4. The standard InChI is InChI=1S/C18H22N4/c1-13-10-21-22(12-13)15(3)14(2)20-11-17-7-4-6-16-8-5-9-19-18(16)17/h4-10,12,14-15,20H,11H2,1-3H3/t14-,15-/m0/s1. The monoisotopic (exact) mass is 294 g/mol. The molecule has 0 amide bonds. The number of pyridine rings is 1. The Hall–Kier alpha value is -2.20. The number of hydrogen-bond acceptors (Lipinski definition) is 3. The van der Waals surface area contributed by atoms with Crippen molar-refractivity contribution < 1.29 is 0 Å². The van der Waals surface area contributed by atoms with Gasteiger partial charge < -0.3 is 5.32 Å². The molecule has 0 aliphatic rings. The van der Waals surface area contributed by atoms with Crippen LogP contribution in [0.4, 0.5) is 0 Å². The SMILES string of the molecule is Cc1cnn([C@@H](C)[C@H](C)NCc2cccc3cccnc23)c1. The smallest absolute Gasteiger partial charge is 0.0746 e. The maximum atomic E-state index is 4.51. The second-order valence-electron chi connectivity index (χ2n) is 5.90. The first-order valence-corrected chi connectivity index (χ1v) is 7.72. The molecule has 2 atom stereocenters. The lowest BCUT2D eigenvalue weighted by Gasteiger charge is -2.22. The van der Waals surface area contributed by atoms with Crippen LogP contribution in [-0.2, 0) is 6.54 Å². The quantitative estimate of drug-likeness (QED) is 0.783. The van der Waals surface area contributed by atoms with Crippen LogP contribution in [0, 0.1) is 6.92 Å². The number of hydrogen-bond donors (Lipinski definition) is 1. The van der Waals surface area contributed by atoms with Gasteiger partial charge in [-0.15, -0.1) is 0 Å². The zero-order chi connectivity index (χ0) is 15.5. The Morgan fingerprint density at radius 3 is 2.77 bits per heavy atom. The second-order valence-corrected chi connectivity index (χ2v) is 5.90. The molecule has 0 fully saturated rings. The Bertz CT molecular complexity index is 757. The van der Waals surface area contributed by atoms with E-state index in [-0.39, 0.29) is 0 Å². The van der Waals surface area contributed by atoms with Crippen LogP contribution in [0.1, 0.15) is 31.0 Å². The fraction of sp³-hybridized carbons (Fsp3) is 0.333. The van der Waals surface area contributed by atoms with Crippen molar-refractivity contribution in [3.63, 3.8) is 0 Å². The van der Waals surface area contributed by atoms with Gasteiger partial charge in [0.15, 0.2) is 0 Å². The lowest BCUT2D eigenvalue weighted by Crippen LogP contribution is -2.33. The van der Waals surface area contributed by atoms with Crippen molar-refractivity contribution in [1.29, 1.82) is 0 Å². The first-order valence-electron chi connectivity index (χ1n) is 7.72. The second kappa shape index (κ2) is 6.28. The highest BCUT2D eigenvalue weighted by Gasteiger charge is 2.14. The van der Waals surface area contributed by atoms with Crippen molar-refractivity contribution in [2.45, 2.75) is 39.4 Å². The molecule has 114 valence electrons. The number of rotatable bonds is 5. The molecule has 2 aromatic heterocycles. The van der Waals surface area contributed by atoms with Crippen molar-refractivity contribution in [1.82, 2.24) is 20.1 Å². The van der Waals surface area contributed by atoms with Crippen molar-refractivity contribution in [2.24, 2.45) is 0 Å². The third-order valence-electron chi connectivity index (χ3n) is 4.20. The van der Waals surface area contributed by atoms with Crippen LogP contribution in [-0.4, -0.2) is 20.8 Å². The van der Waals surface area contributed by atoms with Gasteiger partial charge in [-0.25, -0.2) is 0 Å². The molecule has 0 aliphatic heterocycles. The molecule has 22 heavy (non-hydrogen) atoms. The molecule has 1 aromatic carbocycles. The average Bonchev–Trinajstić information content (AvgIpc) is 2.98. The van der Waals surface area contributed by atoms with E-state index < -0.39 is 0 Å². The molecule has 4 heteroatoms. The first kappa shape index (κ1) is 14.7. The van der Waals surface area contributed by atoms with Crippen LogP contribution in [0.2, 0.25) is 0 Å². The van der Waals surface area contributed by atoms with Gasteiger partial charge in [-0.2, -0.15) is 5.10 Å². The molecule has 3 aromatic rings. The summed E-state index contributed by atoms with van der Waals surface area (Å²) in [6, 6.07) is 11.0. The summed E-state index contributed by atoms with van der Waals surface area (Å²) in [6.07, 6.45) is 5.84. The summed E-state index contributed by atoms with van der Waals surface area (Å²) < 4.78 is 2.02. The van der Waals surface area contributed by atoms with Gasteiger partial charge in [0, 0.05) is 30.4 Å². The molecule has 0 spiro atoms. The molecule has 1 N–H and O–H groups in total. The largest absolute Gasteiger partial charge is 0.308 e. The normalized spacial score (nSPS) is 14.1. The van der Waals surface area contributed by atoms with Crippen molar-refractivity contribution in [2.75, 3.05) is 0 Å². The van der Waals surface area contributed by atoms with Gasteiger partial charge >= 0.3 is 0 Å². The maximum Gasteiger partial charge on any atom is 0.0746 e. The van der Waals surface area contributed by atoms with E-state index in [4.69, 9.17) is 0 Å². The third kappa shape index (κ3) is 3.02. The minimum Gasteiger partial charge on any atom is -0.308 e. The Morgan fingerprint density at radius 1 is 1.18 bits per heavy atom. The van der Waals surface area contributed by atoms with E-state index in [9.17, 15) is 0 Å². The molecule has 2 heterocycles. The van der Waals surface area contributed by atoms with Crippen LogP contribution >= 0.6 is 0 Å². The first-order chi connectivity index (χ1) is 10.6. The molecule has 0 aliphatic carbocycles. The van der Waals surface area contributed by atoms with Gasteiger partial charge in [0.1, 0.15) is 0 Å². The van der Waals surface area contributed by atoms with Crippen LogP contribution in [0.25, 0.3) is 10.9 Å². The number of nitrogens with one attached hydrogen (secondary N) is 1. The number of aryl methyl sites for hydroxylation is 1. The highest BCUT2D eigenvalue weighted by Crippen LogP contribution is 2.17. The molecule has 0 unspecified atom stereocenters. The maximum absolute atomic E-state index is 4.51. The third-order valence-corrected chi connectivity index (χ3v) is 4.20. The lowest BCUT2D eigenvalue weighted by atomic mass is 10.1. The molecule has 0 radical (unpaired) electrons. The van der Waals surface area contributed by atoms with E-state index in [2.05, 4.69) is 66.6 Å². The number of fused-ring (bicyclic) bond motifs is 1. The Morgan fingerprint density at radius 2 is 2.00 bits per heavy atom. The summed E-state index contributed by atoms with van der Waals surface area (Å²) >= 11 is 0. The molecule has 4 nitrogen and oxygen atoms in total. The van der Waals surface area contributed by atoms with Gasteiger partial charge in [-0.05, 0) is 38.0 Å². The Kier molecular flexibility index (Phi) is 4.20. The van der Waals surface area contributed by atoms with E-state index in [0.29, 0.717) is 12.1 Å². The Labute approximate surface area is 131 Å². The van der Waals surface area contributed by atoms with Crippen molar-refractivity contribution >= 4 is 10.9 Å². The molecule has 0 bridgehead atoms. The molecular weight excluding hydrogens is 272 g/mol. The van der Waals surface area contributed by atoms with Crippen LogP contribution in [0.3, 0.4) is 0 Å². The number of aromatic nitrogens is 3. The minimum atomic E-state index is 0.302. The van der Waals surface area contributed by atoms with Gasteiger partial charge in [-0.3, -0.25) is 9.67 Å². The van der Waals surface area contributed by atoms with E-state index in [0.717, 1.165) is 12.1 Å². The number of para-hydroxylation sites is 1. The summed E-state index contributed by atoms with van der Waals surface area (Å²) in [4.78, 5) is 4.51. The summed E-state index contributed by atoms with van der Waals surface area (Å²) in [5, 5.41) is 9.19. The van der Waals surface area contributed by atoms with Gasteiger partial charge in [0.2, 0.25) is 0 Å². The van der Waals surface area contributed by atoms with Gasteiger partial charge in [0.05, 0.1) is 17.8 Å².